The van der Waals surface area contributed by atoms with Gasteiger partial charge in [-0.25, -0.2) is 4.79 Å². The number of aromatic hydroxyl groups is 1. The lowest BCUT2D eigenvalue weighted by atomic mass is 9.90. The minimum absolute atomic E-state index is 0.0337. The molecule has 1 aromatic heterocycles. The van der Waals surface area contributed by atoms with Gasteiger partial charge in [0.15, 0.2) is 0 Å². The molecule has 3 rings (SSSR count). The van der Waals surface area contributed by atoms with Crippen LogP contribution in [-0.2, 0) is 24.2 Å². The number of hydrogen-bond donors (Lipinski definition) is 3. The average Bonchev–Trinajstić information content (AvgIpc) is 2.65. The molecule has 0 aliphatic heterocycles. The number of phenols is 1. The van der Waals surface area contributed by atoms with Crippen molar-refractivity contribution >= 4 is 28.5 Å². The van der Waals surface area contributed by atoms with E-state index < -0.39 is 17.6 Å². The fraction of sp³-hybridized carbons (Fsp3) is 0.500. The molecule has 1 aliphatic carbocycles. The summed E-state index contributed by atoms with van der Waals surface area (Å²) in [4.78, 5) is 24.0. The zero-order valence-corrected chi connectivity index (χ0v) is 16.2. The van der Waals surface area contributed by atoms with Gasteiger partial charge in [-0.1, -0.05) is 31.9 Å². The second-order valence-electron chi connectivity index (χ2n) is 7.20. The number of phenolic OH excluding ortho intramolecular Hbond substituents is 1. The molecule has 1 heterocycles. The predicted molar refractivity (Wildman–Crippen MR) is 104 cm³/mol. The SMILES string of the molecule is CCC(C)C(NCc1c(O)c(Cl)cc2c3c(c(=O)oc12)CCCC3)C(=O)O. The molecular formula is C20H24ClNO5. The molecule has 0 amide bonds. The first-order valence-corrected chi connectivity index (χ1v) is 9.68. The summed E-state index contributed by atoms with van der Waals surface area (Å²) in [5.74, 6) is -1.26. The Kier molecular flexibility index (Phi) is 5.77. The number of nitrogens with one attached hydrogen (secondary N) is 1. The maximum absolute atomic E-state index is 12.4. The van der Waals surface area contributed by atoms with Crippen LogP contribution in [-0.4, -0.2) is 22.2 Å². The van der Waals surface area contributed by atoms with Crippen molar-refractivity contribution in [2.24, 2.45) is 5.92 Å². The normalized spacial score (nSPS) is 16.1. The van der Waals surface area contributed by atoms with Crippen LogP contribution in [0.1, 0.15) is 49.8 Å². The third-order valence-electron chi connectivity index (χ3n) is 5.51. The first-order valence-electron chi connectivity index (χ1n) is 9.30. The Morgan fingerprint density at radius 2 is 2.00 bits per heavy atom. The van der Waals surface area contributed by atoms with Gasteiger partial charge >= 0.3 is 11.6 Å². The summed E-state index contributed by atoms with van der Waals surface area (Å²) in [6.07, 6.45) is 4.05. The molecule has 2 atom stereocenters. The second-order valence-corrected chi connectivity index (χ2v) is 7.61. The van der Waals surface area contributed by atoms with Crippen LogP contribution < -0.4 is 10.9 Å². The highest BCUT2D eigenvalue weighted by Gasteiger charge is 2.26. The molecule has 3 N–H and O–H groups in total. The average molecular weight is 394 g/mol. The summed E-state index contributed by atoms with van der Waals surface area (Å²) in [6.45, 7) is 3.80. The maximum Gasteiger partial charge on any atom is 0.339 e. The predicted octanol–water partition coefficient (Wildman–Crippen LogP) is 3.62. The van der Waals surface area contributed by atoms with Gasteiger partial charge in [0.25, 0.3) is 0 Å². The van der Waals surface area contributed by atoms with Crippen molar-refractivity contribution < 1.29 is 19.4 Å². The molecule has 146 valence electrons. The minimum Gasteiger partial charge on any atom is -0.506 e. The molecule has 0 fully saturated rings. The zero-order valence-electron chi connectivity index (χ0n) is 15.5. The lowest BCUT2D eigenvalue weighted by Gasteiger charge is -2.22. The van der Waals surface area contributed by atoms with Gasteiger partial charge < -0.3 is 14.6 Å². The van der Waals surface area contributed by atoms with Gasteiger partial charge in [0.2, 0.25) is 0 Å². The molecular weight excluding hydrogens is 370 g/mol. The van der Waals surface area contributed by atoms with Crippen LogP contribution in [0.5, 0.6) is 5.75 Å². The van der Waals surface area contributed by atoms with Crippen molar-refractivity contribution in [2.75, 3.05) is 0 Å². The van der Waals surface area contributed by atoms with E-state index in [4.69, 9.17) is 16.0 Å². The van der Waals surface area contributed by atoms with Gasteiger partial charge in [0.05, 0.1) is 10.6 Å². The fourth-order valence-electron chi connectivity index (χ4n) is 3.74. The van der Waals surface area contributed by atoms with Crippen LogP contribution in [0.2, 0.25) is 5.02 Å². The summed E-state index contributed by atoms with van der Waals surface area (Å²) < 4.78 is 5.54. The lowest BCUT2D eigenvalue weighted by molar-refractivity contribution is -0.140. The van der Waals surface area contributed by atoms with Gasteiger partial charge in [-0.2, -0.15) is 0 Å². The lowest BCUT2D eigenvalue weighted by Crippen LogP contribution is -2.41. The van der Waals surface area contributed by atoms with E-state index in [1.165, 1.54) is 0 Å². The molecule has 1 aliphatic rings. The van der Waals surface area contributed by atoms with Crippen molar-refractivity contribution in [3.63, 3.8) is 0 Å². The highest BCUT2D eigenvalue weighted by molar-refractivity contribution is 6.33. The summed E-state index contributed by atoms with van der Waals surface area (Å²) in [5, 5.41) is 23.8. The van der Waals surface area contributed by atoms with E-state index in [1.807, 2.05) is 13.8 Å². The highest BCUT2D eigenvalue weighted by atomic mass is 35.5. The minimum atomic E-state index is -0.964. The van der Waals surface area contributed by atoms with Crippen LogP contribution in [0.3, 0.4) is 0 Å². The van der Waals surface area contributed by atoms with Gasteiger partial charge in [-0.05, 0) is 43.2 Å². The smallest absolute Gasteiger partial charge is 0.339 e. The Labute approximate surface area is 162 Å². The standard InChI is InChI=1S/C20H24ClNO5/c1-3-10(2)16(19(24)25)22-9-14-17(23)15(21)8-13-11-6-4-5-7-12(11)20(26)27-18(13)14/h8,10,16,22-23H,3-7,9H2,1-2H3,(H,24,25). The molecule has 0 spiro atoms. The Morgan fingerprint density at radius 3 is 2.63 bits per heavy atom. The van der Waals surface area contributed by atoms with Crippen LogP contribution >= 0.6 is 11.6 Å². The Balaban J connectivity index is 2.09. The molecule has 0 saturated carbocycles. The number of carboxylic acids is 1. The number of halogens is 1. The number of carboxylic acid groups (broad SMARTS) is 1. The van der Waals surface area contributed by atoms with E-state index >= 15 is 0 Å². The van der Waals surface area contributed by atoms with Crippen LogP contribution in [0.4, 0.5) is 0 Å². The van der Waals surface area contributed by atoms with E-state index in [1.54, 1.807) is 6.07 Å². The summed E-state index contributed by atoms with van der Waals surface area (Å²) in [6, 6.07) is 0.847. The van der Waals surface area contributed by atoms with Gasteiger partial charge in [0, 0.05) is 17.5 Å². The number of hydrogen-bond acceptors (Lipinski definition) is 5. The number of aryl methyl sites for hydroxylation is 1. The zero-order chi connectivity index (χ0) is 19.7. The molecule has 27 heavy (non-hydrogen) atoms. The number of aliphatic carboxylic acids is 1. The van der Waals surface area contributed by atoms with E-state index in [2.05, 4.69) is 5.32 Å². The summed E-state index contributed by atoms with van der Waals surface area (Å²) >= 11 is 6.23. The van der Waals surface area contributed by atoms with Crippen molar-refractivity contribution in [3.8, 4) is 5.75 Å². The maximum atomic E-state index is 12.4. The largest absolute Gasteiger partial charge is 0.506 e. The van der Waals surface area contributed by atoms with Crippen LogP contribution in [0.15, 0.2) is 15.3 Å². The Bertz CT molecular complexity index is 936. The fourth-order valence-corrected chi connectivity index (χ4v) is 3.96. The first kappa shape index (κ1) is 19.7. The van der Waals surface area contributed by atoms with Crippen molar-refractivity contribution in [2.45, 2.75) is 58.5 Å². The quantitative estimate of drug-likeness (QED) is 0.648. The topological polar surface area (TPSA) is 99.8 Å². The Hall–Kier alpha value is -2.05. The van der Waals surface area contributed by atoms with E-state index in [0.717, 1.165) is 30.2 Å². The summed E-state index contributed by atoms with van der Waals surface area (Å²) in [5.41, 5.74) is 1.81. The van der Waals surface area contributed by atoms with E-state index in [0.29, 0.717) is 24.0 Å². The number of benzene rings is 1. The second kappa shape index (κ2) is 7.90. The molecule has 6 nitrogen and oxygen atoms in total. The van der Waals surface area contributed by atoms with Crippen molar-refractivity contribution in [1.82, 2.24) is 5.32 Å². The Morgan fingerprint density at radius 1 is 1.33 bits per heavy atom. The van der Waals surface area contributed by atoms with Gasteiger partial charge in [0.1, 0.15) is 17.4 Å². The molecule has 7 heteroatoms. The van der Waals surface area contributed by atoms with Crippen molar-refractivity contribution in [3.05, 3.63) is 38.2 Å². The van der Waals surface area contributed by atoms with Crippen LogP contribution in [0.25, 0.3) is 11.0 Å². The number of carbonyl (C=O) groups is 1. The first-order chi connectivity index (χ1) is 12.8. The van der Waals surface area contributed by atoms with Crippen molar-refractivity contribution in [1.29, 1.82) is 0 Å². The third kappa shape index (κ3) is 3.69. The molecule has 2 aromatic rings. The van der Waals surface area contributed by atoms with Gasteiger partial charge in [-0.15, -0.1) is 0 Å². The van der Waals surface area contributed by atoms with Crippen LogP contribution in [0, 0.1) is 5.92 Å². The molecule has 2 unspecified atom stereocenters. The van der Waals surface area contributed by atoms with E-state index in [9.17, 15) is 19.8 Å². The summed E-state index contributed by atoms with van der Waals surface area (Å²) in [7, 11) is 0. The van der Waals surface area contributed by atoms with E-state index in [-0.39, 0.29) is 28.8 Å². The molecule has 0 bridgehead atoms. The molecule has 1 aromatic carbocycles. The number of fused-ring (bicyclic) bond motifs is 3. The third-order valence-corrected chi connectivity index (χ3v) is 5.80. The highest BCUT2D eigenvalue weighted by Crippen LogP contribution is 2.37. The molecule has 0 radical (unpaired) electrons. The molecule has 0 saturated heterocycles. The number of rotatable bonds is 6. The van der Waals surface area contributed by atoms with Gasteiger partial charge in [-0.3, -0.25) is 10.1 Å². The monoisotopic (exact) mass is 393 g/mol.